The molecule has 0 aliphatic heterocycles. The van der Waals surface area contributed by atoms with Crippen LogP contribution in [0.5, 0.6) is 0 Å². The molecule has 0 aliphatic rings. The van der Waals surface area contributed by atoms with Crippen LogP contribution in [0.25, 0.3) is 0 Å². The maximum atomic E-state index is 11.3. The van der Waals surface area contributed by atoms with Crippen LogP contribution in [-0.4, -0.2) is 4.57 Å². The molecule has 0 radical (unpaired) electrons. The third-order valence-corrected chi connectivity index (χ3v) is 1.78. The van der Waals surface area contributed by atoms with Gasteiger partial charge < -0.3 is 4.57 Å². The van der Waals surface area contributed by atoms with E-state index < -0.39 is 0 Å². The van der Waals surface area contributed by atoms with Gasteiger partial charge in [-0.2, -0.15) is 0 Å². The molecule has 0 saturated carbocycles. The topological polar surface area (TPSA) is 22.0 Å². The highest BCUT2D eigenvalue weighted by Gasteiger charge is 1.98. The quantitative estimate of drug-likeness (QED) is 0.592. The summed E-state index contributed by atoms with van der Waals surface area (Å²) in [5.41, 5.74) is 2.16. The van der Waals surface area contributed by atoms with Gasteiger partial charge in [-0.1, -0.05) is 6.92 Å². The van der Waals surface area contributed by atoms with Crippen molar-refractivity contribution in [3.63, 3.8) is 0 Å². The Morgan fingerprint density at radius 3 is 2.73 bits per heavy atom. The van der Waals surface area contributed by atoms with Crippen LogP contribution in [0.1, 0.15) is 18.1 Å². The molecule has 0 unspecified atom stereocenters. The van der Waals surface area contributed by atoms with Crippen LogP contribution in [0.3, 0.4) is 0 Å². The van der Waals surface area contributed by atoms with Crippen LogP contribution in [0.2, 0.25) is 0 Å². The Morgan fingerprint density at radius 1 is 1.55 bits per heavy atom. The smallest absolute Gasteiger partial charge is 0.253 e. The van der Waals surface area contributed by atoms with Crippen molar-refractivity contribution in [2.24, 2.45) is 7.05 Å². The van der Waals surface area contributed by atoms with E-state index in [1.165, 1.54) is 0 Å². The van der Waals surface area contributed by atoms with Crippen LogP contribution in [-0.2, 0) is 13.5 Å². The minimum Gasteiger partial charge on any atom is -0.318 e. The van der Waals surface area contributed by atoms with Gasteiger partial charge in [-0.15, -0.1) is 0 Å². The van der Waals surface area contributed by atoms with Crippen LogP contribution in [0, 0.1) is 6.92 Å². The van der Waals surface area contributed by atoms with Gasteiger partial charge in [0, 0.05) is 18.8 Å². The van der Waals surface area contributed by atoms with E-state index in [2.05, 4.69) is 0 Å². The Balaban J connectivity index is 3.37. The lowest BCUT2D eigenvalue weighted by Crippen LogP contribution is -2.20. The molecule has 60 valence electrons. The molecule has 11 heavy (non-hydrogen) atoms. The molecule has 1 aromatic heterocycles. The van der Waals surface area contributed by atoms with E-state index in [4.69, 9.17) is 0 Å². The summed E-state index contributed by atoms with van der Waals surface area (Å²) < 4.78 is 1.63. The monoisotopic (exact) mass is 151 g/mol. The molecule has 0 saturated heterocycles. The third-order valence-electron chi connectivity index (χ3n) is 1.78. The van der Waals surface area contributed by atoms with E-state index in [0.717, 1.165) is 17.5 Å². The first-order valence-electron chi connectivity index (χ1n) is 3.81. The fourth-order valence-corrected chi connectivity index (χ4v) is 1.22. The SMILES string of the molecule is CCc1cc(C)cn(C)c1=O. The van der Waals surface area contributed by atoms with E-state index in [-0.39, 0.29) is 5.56 Å². The Hall–Kier alpha value is -1.05. The van der Waals surface area contributed by atoms with Gasteiger partial charge in [0.05, 0.1) is 0 Å². The molecule has 1 aromatic rings. The zero-order chi connectivity index (χ0) is 8.43. The fourth-order valence-electron chi connectivity index (χ4n) is 1.22. The number of rotatable bonds is 1. The highest BCUT2D eigenvalue weighted by molar-refractivity contribution is 5.17. The highest BCUT2D eigenvalue weighted by Crippen LogP contribution is 1.97. The number of pyridine rings is 1. The van der Waals surface area contributed by atoms with Crippen LogP contribution in [0.4, 0.5) is 0 Å². The molecule has 2 nitrogen and oxygen atoms in total. The summed E-state index contributed by atoms with van der Waals surface area (Å²) in [7, 11) is 1.79. The lowest BCUT2D eigenvalue weighted by Gasteiger charge is -2.02. The Labute approximate surface area is 66.5 Å². The van der Waals surface area contributed by atoms with Crippen molar-refractivity contribution >= 4 is 0 Å². The minimum absolute atomic E-state index is 0.123. The van der Waals surface area contributed by atoms with Gasteiger partial charge in [0.2, 0.25) is 0 Å². The molecule has 0 amide bonds. The zero-order valence-electron chi connectivity index (χ0n) is 7.22. The molecule has 2 heteroatoms. The number of aryl methyl sites for hydroxylation is 3. The average molecular weight is 151 g/mol. The predicted molar refractivity (Wildman–Crippen MR) is 45.8 cm³/mol. The third kappa shape index (κ3) is 1.50. The largest absolute Gasteiger partial charge is 0.318 e. The molecule has 0 aliphatic carbocycles. The van der Waals surface area contributed by atoms with Gasteiger partial charge in [-0.05, 0) is 25.0 Å². The number of nitrogens with zero attached hydrogens (tertiary/aromatic N) is 1. The molecule has 0 aromatic carbocycles. The van der Waals surface area contributed by atoms with Crippen LogP contribution >= 0.6 is 0 Å². The Morgan fingerprint density at radius 2 is 2.18 bits per heavy atom. The van der Waals surface area contributed by atoms with Crippen molar-refractivity contribution in [3.8, 4) is 0 Å². The maximum absolute atomic E-state index is 11.3. The summed E-state index contributed by atoms with van der Waals surface area (Å²) >= 11 is 0. The van der Waals surface area contributed by atoms with E-state index >= 15 is 0 Å². The first-order chi connectivity index (χ1) is 5.15. The second-order valence-electron chi connectivity index (χ2n) is 2.81. The molecule has 0 N–H and O–H groups in total. The molecule has 0 atom stereocenters. The molecule has 1 rings (SSSR count). The van der Waals surface area contributed by atoms with Gasteiger partial charge in [-0.25, -0.2) is 0 Å². The summed E-state index contributed by atoms with van der Waals surface area (Å²) in [6.07, 6.45) is 2.66. The molecule has 0 bridgehead atoms. The van der Waals surface area contributed by atoms with Crippen molar-refractivity contribution in [2.45, 2.75) is 20.3 Å². The van der Waals surface area contributed by atoms with E-state index in [0.29, 0.717) is 0 Å². The molecule has 0 fully saturated rings. The second-order valence-corrected chi connectivity index (χ2v) is 2.81. The van der Waals surface area contributed by atoms with Gasteiger partial charge in [0.15, 0.2) is 0 Å². The van der Waals surface area contributed by atoms with Gasteiger partial charge in [0.1, 0.15) is 0 Å². The lowest BCUT2D eigenvalue weighted by molar-refractivity contribution is 0.827. The predicted octanol–water partition coefficient (Wildman–Crippen LogP) is 1.26. The first-order valence-corrected chi connectivity index (χ1v) is 3.81. The van der Waals surface area contributed by atoms with Crippen molar-refractivity contribution < 1.29 is 0 Å². The zero-order valence-corrected chi connectivity index (χ0v) is 7.22. The van der Waals surface area contributed by atoms with Crippen molar-refractivity contribution in [1.29, 1.82) is 0 Å². The summed E-state index contributed by atoms with van der Waals surface area (Å²) in [4.78, 5) is 11.3. The molecular weight excluding hydrogens is 138 g/mol. The average Bonchev–Trinajstić information content (AvgIpc) is 1.96. The van der Waals surface area contributed by atoms with E-state index in [1.807, 2.05) is 26.1 Å². The summed E-state index contributed by atoms with van der Waals surface area (Å²) in [6.45, 7) is 3.99. The van der Waals surface area contributed by atoms with Gasteiger partial charge >= 0.3 is 0 Å². The molecular formula is C9H13NO. The number of hydrogen-bond acceptors (Lipinski definition) is 1. The van der Waals surface area contributed by atoms with E-state index in [9.17, 15) is 4.79 Å². The Kier molecular flexibility index (Phi) is 2.13. The van der Waals surface area contributed by atoms with Crippen molar-refractivity contribution in [2.75, 3.05) is 0 Å². The van der Waals surface area contributed by atoms with Gasteiger partial charge in [-0.3, -0.25) is 4.79 Å². The number of aromatic nitrogens is 1. The minimum atomic E-state index is 0.123. The summed E-state index contributed by atoms with van der Waals surface area (Å²) in [5, 5.41) is 0. The fraction of sp³-hybridized carbons (Fsp3) is 0.444. The molecule has 0 spiro atoms. The van der Waals surface area contributed by atoms with Crippen LogP contribution < -0.4 is 5.56 Å². The normalized spacial score (nSPS) is 10.1. The maximum Gasteiger partial charge on any atom is 0.253 e. The summed E-state index contributed by atoms with van der Waals surface area (Å²) in [5.74, 6) is 0. The van der Waals surface area contributed by atoms with Gasteiger partial charge in [0.25, 0.3) is 5.56 Å². The van der Waals surface area contributed by atoms with E-state index in [1.54, 1.807) is 11.6 Å². The molecule has 1 heterocycles. The van der Waals surface area contributed by atoms with Crippen LogP contribution in [0.15, 0.2) is 17.1 Å². The van der Waals surface area contributed by atoms with Crippen molar-refractivity contribution in [3.05, 3.63) is 33.7 Å². The van der Waals surface area contributed by atoms with Crippen molar-refractivity contribution in [1.82, 2.24) is 4.57 Å². The standard InChI is InChI=1S/C9H13NO/c1-4-8-5-7(2)6-10(3)9(8)11/h5-6H,4H2,1-3H3. The first kappa shape index (κ1) is 8.05. The number of hydrogen-bond donors (Lipinski definition) is 0. The highest BCUT2D eigenvalue weighted by atomic mass is 16.1. The lowest BCUT2D eigenvalue weighted by atomic mass is 10.2. The Bertz CT molecular complexity index is 312. The summed E-state index contributed by atoms with van der Waals surface area (Å²) in [6, 6.07) is 1.95. The second kappa shape index (κ2) is 2.91.